The maximum atomic E-state index is 5.12. The van der Waals surface area contributed by atoms with Gasteiger partial charge in [-0.25, -0.2) is 0 Å². The average molecular weight is 226 g/mol. The van der Waals surface area contributed by atoms with Crippen molar-refractivity contribution in [3.05, 3.63) is 29.8 Å². The number of hydrogen-bond acceptors (Lipinski definition) is 2. The van der Waals surface area contributed by atoms with Crippen molar-refractivity contribution in [2.75, 3.05) is 20.2 Å². The second-order valence-electron chi connectivity index (χ2n) is 2.98. The van der Waals surface area contributed by atoms with Gasteiger partial charge in [0.25, 0.3) is 0 Å². The molecule has 0 unspecified atom stereocenters. The van der Waals surface area contributed by atoms with Gasteiger partial charge in [-0.1, -0.05) is 18.1 Å². The van der Waals surface area contributed by atoms with Crippen molar-refractivity contribution in [3.8, 4) is 18.1 Å². The lowest BCUT2D eigenvalue weighted by Crippen LogP contribution is -2.17. The van der Waals surface area contributed by atoms with E-state index in [2.05, 4.69) is 23.4 Å². The molecule has 0 spiro atoms. The lowest BCUT2D eigenvalue weighted by atomic mass is 10.1. The topological polar surface area (TPSA) is 21.3 Å². The van der Waals surface area contributed by atoms with E-state index in [0.717, 1.165) is 18.7 Å². The lowest BCUT2D eigenvalue weighted by molar-refractivity contribution is 0.414. The van der Waals surface area contributed by atoms with E-state index in [1.54, 1.807) is 7.11 Å². The molecule has 1 aromatic carbocycles. The highest BCUT2D eigenvalue weighted by molar-refractivity contribution is 5.85. The molecule has 2 nitrogen and oxygen atoms in total. The Kier molecular flexibility index (Phi) is 7.53. The fourth-order valence-corrected chi connectivity index (χ4v) is 1.19. The highest BCUT2D eigenvalue weighted by Gasteiger charge is 1.93. The van der Waals surface area contributed by atoms with Gasteiger partial charge < -0.3 is 10.1 Å². The fraction of sp³-hybridized carbons (Fsp3) is 0.333. The molecule has 0 bridgehead atoms. The molecular weight excluding hydrogens is 210 g/mol. The van der Waals surface area contributed by atoms with Crippen LogP contribution in [0.1, 0.15) is 5.56 Å². The molecule has 0 saturated heterocycles. The Hall–Kier alpha value is -1.17. The van der Waals surface area contributed by atoms with Crippen LogP contribution in [0.15, 0.2) is 24.3 Å². The van der Waals surface area contributed by atoms with Crippen molar-refractivity contribution in [2.45, 2.75) is 6.42 Å². The van der Waals surface area contributed by atoms with Gasteiger partial charge >= 0.3 is 0 Å². The largest absolute Gasteiger partial charge is 0.497 e. The first kappa shape index (κ1) is 13.8. The van der Waals surface area contributed by atoms with Crippen molar-refractivity contribution in [1.29, 1.82) is 0 Å². The summed E-state index contributed by atoms with van der Waals surface area (Å²) in [5, 5.41) is 3.14. The maximum absolute atomic E-state index is 5.12. The van der Waals surface area contributed by atoms with Crippen LogP contribution in [0.2, 0.25) is 0 Å². The minimum atomic E-state index is 0. The molecule has 0 fully saturated rings. The van der Waals surface area contributed by atoms with E-state index in [0.29, 0.717) is 6.54 Å². The number of ether oxygens (including phenoxy) is 1. The monoisotopic (exact) mass is 225 g/mol. The lowest BCUT2D eigenvalue weighted by Gasteiger charge is -2.03. The zero-order valence-electron chi connectivity index (χ0n) is 8.82. The first-order valence-electron chi connectivity index (χ1n) is 4.64. The molecule has 82 valence electrons. The van der Waals surface area contributed by atoms with E-state index < -0.39 is 0 Å². The number of benzene rings is 1. The molecule has 1 aromatic rings. The van der Waals surface area contributed by atoms with Crippen LogP contribution in [0.25, 0.3) is 0 Å². The quantitative estimate of drug-likeness (QED) is 0.611. The summed E-state index contributed by atoms with van der Waals surface area (Å²) in [5.41, 5.74) is 1.29. The van der Waals surface area contributed by atoms with Crippen LogP contribution in [0.4, 0.5) is 0 Å². The summed E-state index contributed by atoms with van der Waals surface area (Å²) in [7, 11) is 1.67. The molecule has 0 aromatic heterocycles. The fourth-order valence-electron chi connectivity index (χ4n) is 1.19. The summed E-state index contributed by atoms with van der Waals surface area (Å²) in [6.45, 7) is 1.55. The molecule has 0 saturated carbocycles. The second kappa shape index (κ2) is 8.16. The Bertz CT molecular complexity index is 302. The molecule has 0 radical (unpaired) electrons. The van der Waals surface area contributed by atoms with Crippen LogP contribution in [0.5, 0.6) is 5.75 Å². The Morgan fingerprint density at radius 1 is 1.33 bits per heavy atom. The molecule has 0 aliphatic rings. The first-order chi connectivity index (χ1) is 6.86. The van der Waals surface area contributed by atoms with E-state index in [9.17, 15) is 0 Å². The summed E-state index contributed by atoms with van der Waals surface area (Å²) in [6.07, 6.45) is 6.11. The highest BCUT2D eigenvalue weighted by Crippen LogP contribution is 2.11. The van der Waals surface area contributed by atoms with Gasteiger partial charge in [0.1, 0.15) is 5.75 Å². The number of rotatable bonds is 5. The second-order valence-corrected chi connectivity index (χ2v) is 2.98. The van der Waals surface area contributed by atoms with Gasteiger partial charge in [-0.2, -0.15) is 0 Å². The summed E-state index contributed by atoms with van der Waals surface area (Å²) in [6, 6.07) is 8.07. The van der Waals surface area contributed by atoms with E-state index in [1.807, 2.05) is 12.1 Å². The molecule has 1 rings (SSSR count). The van der Waals surface area contributed by atoms with Crippen molar-refractivity contribution in [3.63, 3.8) is 0 Å². The Morgan fingerprint density at radius 2 is 2.00 bits per heavy atom. The molecule has 0 atom stereocenters. The number of terminal acetylenes is 1. The molecule has 15 heavy (non-hydrogen) atoms. The van der Waals surface area contributed by atoms with Gasteiger partial charge in [-0.3, -0.25) is 0 Å². The number of nitrogens with one attached hydrogen (secondary N) is 1. The van der Waals surface area contributed by atoms with Crippen molar-refractivity contribution in [1.82, 2.24) is 5.32 Å². The minimum Gasteiger partial charge on any atom is -0.497 e. The third-order valence-corrected chi connectivity index (χ3v) is 1.98. The zero-order chi connectivity index (χ0) is 10.2. The standard InChI is InChI=1S/C12H15NO.ClH/c1-3-9-13-10-8-11-4-6-12(14-2)7-5-11;/h1,4-7,13H,8-10H2,2H3;1H. The molecular formula is C12H16ClNO. The van der Waals surface area contributed by atoms with Crippen molar-refractivity contribution in [2.24, 2.45) is 0 Å². The SMILES string of the molecule is C#CCNCCc1ccc(OC)cc1.Cl. The normalized spacial score (nSPS) is 8.80. The third kappa shape index (κ3) is 5.31. The smallest absolute Gasteiger partial charge is 0.118 e. The molecule has 3 heteroatoms. The summed E-state index contributed by atoms with van der Waals surface area (Å²) in [5.74, 6) is 3.43. The summed E-state index contributed by atoms with van der Waals surface area (Å²) >= 11 is 0. The maximum Gasteiger partial charge on any atom is 0.118 e. The van der Waals surface area contributed by atoms with Gasteiger partial charge in [0.05, 0.1) is 13.7 Å². The predicted molar refractivity (Wildman–Crippen MR) is 65.6 cm³/mol. The van der Waals surface area contributed by atoms with Gasteiger partial charge in [0, 0.05) is 6.54 Å². The van der Waals surface area contributed by atoms with Crippen LogP contribution in [-0.2, 0) is 6.42 Å². The van der Waals surface area contributed by atoms with Crippen LogP contribution in [0.3, 0.4) is 0 Å². The Morgan fingerprint density at radius 3 is 2.53 bits per heavy atom. The zero-order valence-corrected chi connectivity index (χ0v) is 9.64. The minimum absolute atomic E-state index is 0. The van der Waals surface area contributed by atoms with E-state index in [-0.39, 0.29) is 12.4 Å². The molecule has 1 N–H and O–H groups in total. The van der Waals surface area contributed by atoms with Crippen molar-refractivity contribution < 1.29 is 4.74 Å². The van der Waals surface area contributed by atoms with Crippen LogP contribution >= 0.6 is 12.4 Å². The Balaban J connectivity index is 0.00000196. The van der Waals surface area contributed by atoms with E-state index in [4.69, 9.17) is 11.2 Å². The van der Waals surface area contributed by atoms with Crippen LogP contribution in [-0.4, -0.2) is 20.2 Å². The van der Waals surface area contributed by atoms with Crippen LogP contribution in [0, 0.1) is 12.3 Å². The van der Waals surface area contributed by atoms with Gasteiger partial charge in [0.2, 0.25) is 0 Å². The van der Waals surface area contributed by atoms with E-state index in [1.165, 1.54) is 5.56 Å². The number of methoxy groups -OCH3 is 1. The molecule has 0 heterocycles. The van der Waals surface area contributed by atoms with Gasteiger partial charge in [-0.05, 0) is 24.1 Å². The molecule has 0 aliphatic heterocycles. The number of halogens is 1. The summed E-state index contributed by atoms with van der Waals surface area (Å²) < 4.78 is 5.07. The molecule has 0 aliphatic carbocycles. The van der Waals surface area contributed by atoms with Gasteiger partial charge in [-0.15, -0.1) is 18.8 Å². The van der Waals surface area contributed by atoms with Gasteiger partial charge in [0.15, 0.2) is 0 Å². The van der Waals surface area contributed by atoms with Crippen LogP contribution < -0.4 is 10.1 Å². The van der Waals surface area contributed by atoms with Crippen molar-refractivity contribution >= 4 is 12.4 Å². The number of hydrogen-bond donors (Lipinski definition) is 1. The van der Waals surface area contributed by atoms with E-state index >= 15 is 0 Å². The Labute approximate surface area is 97.4 Å². The average Bonchev–Trinajstić information content (AvgIpc) is 2.25. The predicted octanol–water partition coefficient (Wildman–Crippen LogP) is 1.88. The highest BCUT2D eigenvalue weighted by atomic mass is 35.5. The summed E-state index contributed by atoms with van der Waals surface area (Å²) in [4.78, 5) is 0. The first-order valence-corrected chi connectivity index (χ1v) is 4.64. The third-order valence-electron chi connectivity index (χ3n) is 1.98. The molecule has 0 amide bonds.